The molecule has 0 radical (unpaired) electrons. The summed E-state index contributed by atoms with van der Waals surface area (Å²) in [5.41, 5.74) is 0.478. The number of anilines is 1. The zero-order valence-corrected chi connectivity index (χ0v) is 13.3. The van der Waals surface area contributed by atoms with Gasteiger partial charge in [0, 0.05) is 18.8 Å². The van der Waals surface area contributed by atoms with Crippen LogP contribution in [0.5, 0.6) is 0 Å². The van der Waals surface area contributed by atoms with Crippen LogP contribution in [0.1, 0.15) is 26.2 Å². The minimum absolute atomic E-state index is 0.223. The van der Waals surface area contributed by atoms with Crippen molar-refractivity contribution in [2.24, 2.45) is 5.92 Å². The average Bonchev–Trinajstić information content (AvgIpc) is 2.48. The summed E-state index contributed by atoms with van der Waals surface area (Å²) in [7, 11) is -3.47. The van der Waals surface area contributed by atoms with E-state index in [4.69, 9.17) is 5.26 Å². The van der Waals surface area contributed by atoms with Crippen molar-refractivity contribution < 1.29 is 13.2 Å². The Morgan fingerprint density at radius 2 is 1.91 bits per heavy atom. The average molecular weight is 321 g/mol. The molecule has 0 saturated carbocycles. The Labute approximate surface area is 130 Å². The smallest absolute Gasteiger partial charge is 0.243 e. The summed E-state index contributed by atoms with van der Waals surface area (Å²) in [6.07, 6.45) is 1.52. The quantitative estimate of drug-likeness (QED) is 0.918. The van der Waals surface area contributed by atoms with Crippen molar-refractivity contribution in [2.75, 3.05) is 18.4 Å². The summed E-state index contributed by atoms with van der Waals surface area (Å²) in [6.45, 7) is 3.22. The molecule has 1 heterocycles. The van der Waals surface area contributed by atoms with Gasteiger partial charge in [-0.25, -0.2) is 8.42 Å². The fraction of sp³-hybridized carbons (Fsp3) is 0.467. The van der Waals surface area contributed by atoms with Gasteiger partial charge in [0.2, 0.25) is 15.9 Å². The van der Waals surface area contributed by atoms with Crippen LogP contribution in [-0.4, -0.2) is 31.7 Å². The SMILES string of the molecule is CC1CCN(S(=O)(=O)c2ccc(NC(=O)CC#N)cc2)CC1. The maximum atomic E-state index is 12.5. The van der Waals surface area contributed by atoms with Crippen molar-refractivity contribution in [3.05, 3.63) is 24.3 Å². The molecule has 1 amide bonds. The summed E-state index contributed by atoms with van der Waals surface area (Å²) >= 11 is 0. The lowest BCUT2D eigenvalue weighted by molar-refractivity contribution is -0.115. The molecular formula is C15H19N3O3S. The number of sulfonamides is 1. The third kappa shape index (κ3) is 3.84. The molecule has 1 aromatic carbocycles. The molecule has 0 aromatic heterocycles. The highest BCUT2D eigenvalue weighted by atomic mass is 32.2. The lowest BCUT2D eigenvalue weighted by Gasteiger charge is -2.29. The van der Waals surface area contributed by atoms with Gasteiger partial charge < -0.3 is 5.32 Å². The van der Waals surface area contributed by atoms with E-state index in [1.807, 2.05) is 0 Å². The predicted octanol–water partition coefficient (Wildman–Crippen LogP) is 1.96. The third-order valence-corrected chi connectivity index (χ3v) is 5.67. The molecule has 7 heteroatoms. The summed E-state index contributed by atoms with van der Waals surface area (Å²) in [5, 5.41) is 11.0. The molecule has 1 fully saturated rings. The van der Waals surface area contributed by atoms with Gasteiger partial charge in [-0.15, -0.1) is 0 Å². The fourth-order valence-electron chi connectivity index (χ4n) is 2.36. The summed E-state index contributed by atoms with van der Waals surface area (Å²) in [5.74, 6) is 0.146. The van der Waals surface area contributed by atoms with Crippen molar-refractivity contribution in [3.63, 3.8) is 0 Å². The highest BCUT2D eigenvalue weighted by Crippen LogP contribution is 2.24. The van der Waals surface area contributed by atoms with E-state index in [1.54, 1.807) is 6.07 Å². The van der Waals surface area contributed by atoms with Crippen LogP contribution < -0.4 is 5.32 Å². The Balaban J connectivity index is 2.09. The van der Waals surface area contributed by atoms with Crippen molar-refractivity contribution in [1.29, 1.82) is 5.26 Å². The van der Waals surface area contributed by atoms with Crippen molar-refractivity contribution in [2.45, 2.75) is 31.1 Å². The summed E-state index contributed by atoms with van der Waals surface area (Å²) < 4.78 is 26.6. The van der Waals surface area contributed by atoms with Gasteiger partial charge in [0.1, 0.15) is 6.42 Å². The number of carbonyl (C=O) groups is 1. The molecule has 1 aliphatic rings. The Morgan fingerprint density at radius 1 is 1.32 bits per heavy atom. The standard InChI is InChI=1S/C15H19N3O3S/c1-12-7-10-18(11-8-12)22(20,21)14-4-2-13(3-5-14)17-15(19)6-9-16/h2-5,12H,6-8,10-11H2,1H3,(H,17,19). The molecule has 2 rings (SSSR count). The van der Waals surface area contributed by atoms with Crippen LogP contribution in [0, 0.1) is 17.2 Å². The number of nitrogens with one attached hydrogen (secondary N) is 1. The highest BCUT2D eigenvalue weighted by Gasteiger charge is 2.27. The number of nitrogens with zero attached hydrogens (tertiary/aromatic N) is 2. The molecule has 0 atom stereocenters. The number of hydrogen-bond acceptors (Lipinski definition) is 4. The Kier molecular flexibility index (Phi) is 5.16. The van der Waals surface area contributed by atoms with Gasteiger partial charge in [0.25, 0.3) is 0 Å². The molecule has 0 aliphatic carbocycles. The van der Waals surface area contributed by atoms with E-state index in [2.05, 4.69) is 12.2 Å². The number of nitriles is 1. The first kappa shape index (κ1) is 16.5. The number of benzene rings is 1. The minimum atomic E-state index is -3.47. The maximum absolute atomic E-state index is 12.5. The Bertz CT molecular complexity index is 669. The molecule has 22 heavy (non-hydrogen) atoms. The minimum Gasteiger partial charge on any atom is -0.325 e. The van der Waals surface area contributed by atoms with Gasteiger partial charge in [-0.2, -0.15) is 9.57 Å². The van der Waals surface area contributed by atoms with E-state index in [0.29, 0.717) is 24.7 Å². The first-order valence-corrected chi connectivity index (χ1v) is 8.64. The van der Waals surface area contributed by atoms with Gasteiger partial charge in [-0.05, 0) is 43.0 Å². The van der Waals surface area contributed by atoms with Crippen LogP contribution in [0.15, 0.2) is 29.2 Å². The molecule has 0 unspecified atom stereocenters. The van der Waals surface area contributed by atoms with E-state index in [1.165, 1.54) is 28.6 Å². The molecular weight excluding hydrogens is 302 g/mol. The van der Waals surface area contributed by atoms with Gasteiger partial charge in [0.05, 0.1) is 11.0 Å². The first-order chi connectivity index (χ1) is 10.4. The molecule has 118 valence electrons. The molecule has 0 spiro atoms. The number of rotatable bonds is 4. The second-order valence-corrected chi connectivity index (χ2v) is 7.43. The van der Waals surface area contributed by atoms with E-state index >= 15 is 0 Å². The van der Waals surface area contributed by atoms with E-state index in [-0.39, 0.29) is 11.3 Å². The third-order valence-electron chi connectivity index (χ3n) is 3.76. The van der Waals surface area contributed by atoms with Crippen molar-refractivity contribution in [3.8, 4) is 6.07 Å². The van der Waals surface area contributed by atoms with Crippen LogP contribution in [0.4, 0.5) is 5.69 Å². The number of carbonyl (C=O) groups excluding carboxylic acids is 1. The zero-order chi connectivity index (χ0) is 16.2. The monoisotopic (exact) mass is 321 g/mol. The summed E-state index contributed by atoms with van der Waals surface area (Å²) in [4.78, 5) is 11.5. The van der Waals surface area contributed by atoms with Crippen LogP contribution >= 0.6 is 0 Å². The predicted molar refractivity (Wildman–Crippen MR) is 82.5 cm³/mol. The largest absolute Gasteiger partial charge is 0.325 e. The van der Waals surface area contributed by atoms with Crippen molar-refractivity contribution >= 4 is 21.6 Å². The van der Waals surface area contributed by atoms with Gasteiger partial charge in [-0.3, -0.25) is 4.79 Å². The maximum Gasteiger partial charge on any atom is 0.243 e. The normalized spacial score (nSPS) is 16.9. The lowest BCUT2D eigenvalue weighted by Crippen LogP contribution is -2.37. The molecule has 6 nitrogen and oxygen atoms in total. The molecule has 1 saturated heterocycles. The highest BCUT2D eigenvalue weighted by molar-refractivity contribution is 7.89. The van der Waals surface area contributed by atoms with E-state index in [0.717, 1.165) is 12.8 Å². The Hall–Kier alpha value is -1.91. The van der Waals surface area contributed by atoms with Crippen molar-refractivity contribution in [1.82, 2.24) is 4.31 Å². The summed E-state index contributed by atoms with van der Waals surface area (Å²) in [6, 6.07) is 7.79. The van der Waals surface area contributed by atoms with E-state index < -0.39 is 15.9 Å². The number of piperidine rings is 1. The molecule has 0 bridgehead atoms. The van der Waals surface area contributed by atoms with Crippen LogP contribution in [0.3, 0.4) is 0 Å². The first-order valence-electron chi connectivity index (χ1n) is 7.20. The van der Waals surface area contributed by atoms with Gasteiger partial charge >= 0.3 is 0 Å². The molecule has 1 aromatic rings. The second-order valence-electron chi connectivity index (χ2n) is 5.49. The fourth-order valence-corrected chi connectivity index (χ4v) is 3.83. The molecule has 1 N–H and O–H groups in total. The van der Waals surface area contributed by atoms with Crippen LogP contribution in [0.2, 0.25) is 0 Å². The second kappa shape index (κ2) is 6.90. The topological polar surface area (TPSA) is 90.3 Å². The van der Waals surface area contributed by atoms with Crippen LogP contribution in [0.25, 0.3) is 0 Å². The lowest BCUT2D eigenvalue weighted by atomic mass is 10.0. The number of hydrogen-bond donors (Lipinski definition) is 1. The molecule has 1 aliphatic heterocycles. The van der Waals surface area contributed by atoms with Crippen LogP contribution in [-0.2, 0) is 14.8 Å². The van der Waals surface area contributed by atoms with Gasteiger partial charge in [-0.1, -0.05) is 6.92 Å². The van der Waals surface area contributed by atoms with Gasteiger partial charge in [0.15, 0.2) is 0 Å². The van der Waals surface area contributed by atoms with E-state index in [9.17, 15) is 13.2 Å². The number of amides is 1. The zero-order valence-electron chi connectivity index (χ0n) is 12.4. The Morgan fingerprint density at radius 3 is 2.45 bits per heavy atom.